The van der Waals surface area contributed by atoms with E-state index in [9.17, 15) is 4.39 Å². The zero-order valence-corrected chi connectivity index (χ0v) is 9.11. The molecule has 1 nitrogen and oxygen atoms in total. The van der Waals surface area contributed by atoms with Crippen LogP contribution >= 0.6 is 23.2 Å². The Morgan fingerprint density at radius 2 is 2.07 bits per heavy atom. The number of unbranched alkanes of at least 4 members (excludes halogenated alkanes) is 1. The summed E-state index contributed by atoms with van der Waals surface area (Å²) in [7, 11) is 0. The van der Waals surface area contributed by atoms with Crippen LogP contribution < -0.4 is 4.74 Å². The number of hydrogen-bond acceptors (Lipinski definition) is 1. The zero-order chi connectivity index (χ0) is 10.4. The number of benzene rings is 1. The van der Waals surface area contributed by atoms with Gasteiger partial charge in [-0.05, 0) is 25.0 Å². The second-order valence-electron chi connectivity index (χ2n) is 2.80. The summed E-state index contributed by atoms with van der Waals surface area (Å²) >= 11 is 11.1. The Bertz CT molecular complexity index is 291. The highest BCUT2D eigenvalue weighted by Gasteiger charge is 2.06. The first-order chi connectivity index (χ1) is 6.75. The molecule has 0 radical (unpaired) electrons. The van der Waals surface area contributed by atoms with Crippen LogP contribution in [0.5, 0.6) is 5.75 Å². The molecule has 0 aliphatic carbocycles. The Kier molecular flexibility index (Phi) is 5.05. The lowest BCUT2D eigenvalue weighted by Crippen LogP contribution is -1.99. The Labute approximate surface area is 92.8 Å². The minimum atomic E-state index is -0.500. The van der Waals surface area contributed by atoms with Gasteiger partial charge in [0.2, 0.25) is 0 Å². The number of rotatable bonds is 5. The van der Waals surface area contributed by atoms with Crippen LogP contribution in [-0.2, 0) is 0 Å². The molecule has 0 aliphatic rings. The third-order valence-corrected chi connectivity index (χ3v) is 2.26. The monoisotopic (exact) mass is 236 g/mol. The summed E-state index contributed by atoms with van der Waals surface area (Å²) in [6, 6.07) is 4.70. The summed E-state index contributed by atoms with van der Waals surface area (Å²) in [4.78, 5) is 0. The summed E-state index contributed by atoms with van der Waals surface area (Å²) in [6.07, 6.45) is 1.68. The summed E-state index contributed by atoms with van der Waals surface area (Å²) < 4.78 is 18.4. The highest BCUT2D eigenvalue weighted by Crippen LogP contribution is 2.24. The van der Waals surface area contributed by atoms with Gasteiger partial charge in [-0.25, -0.2) is 4.39 Å². The molecule has 0 N–H and O–H groups in total. The third kappa shape index (κ3) is 3.35. The van der Waals surface area contributed by atoms with Gasteiger partial charge in [0.05, 0.1) is 11.6 Å². The van der Waals surface area contributed by atoms with Gasteiger partial charge in [0, 0.05) is 5.88 Å². The lowest BCUT2D eigenvalue weighted by molar-refractivity contribution is 0.294. The van der Waals surface area contributed by atoms with Gasteiger partial charge in [-0.15, -0.1) is 11.6 Å². The average Bonchev–Trinajstić information content (AvgIpc) is 2.19. The number of halogens is 3. The smallest absolute Gasteiger partial charge is 0.183 e. The lowest BCUT2D eigenvalue weighted by atomic mass is 10.3. The second-order valence-corrected chi connectivity index (χ2v) is 3.58. The average molecular weight is 237 g/mol. The maximum atomic E-state index is 13.2. The molecule has 0 heterocycles. The summed E-state index contributed by atoms with van der Waals surface area (Å²) in [5.74, 6) is 0.300. The van der Waals surface area contributed by atoms with Gasteiger partial charge in [-0.2, -0.15) is 0 Å². The van der Waals surface area contributed by atoms with E-state index in [2.05, 4.69) is 0 Å². The van der Waals surface area contributed by atoms with Crippen LogP contribution in [0.1, 0.15) is 12.8 Å². The molecule has 1 aromatic rings. The molecule has 0 aromatic heterocycles. The van der Waals surface area contributed by atoms with E-state index in [-0.39, 0.29) is 10.8 Å². The van der Waals surface area contributed by atoms with Gasteiger partial charge >= 0.3 is 0 Å². The van der Waals surface area contributed by atoms with Crippen molar-refractivity contribution in [1.29, 1.82) is 0 Å². The first-order valence-electron chi connectivity index (χ1n) is 4.38. The van der Waals surface area contributed by atoms with E-state index >= 15 is 0 Å². The van der Waals surface area contributed by atoms with E-state index in [1.165, 1.54) is 6.07 Å². The van der Waals surface area contributed by atoms with Crippen molar-refractivity contribution in [3.8, 4) is 5.75 Å². The molecule has 0 aliphatic heterocycles. The molecule has 78 valence electrons. The van der Waals surface area contributed by atoms with E-state index < -0.39 is 5.82 Å². The number of hydrogen-bond donors (Lipinski definition) is 0. The Balaban J connectivity index is 2.46. The van der Waals surface area contributed by atoms with Crippen LogP contribution in [-0.4, -0.2) is 12.5 Å². The highest BCUT2D eigenvalue weighted by molar-refractivity contribution is 6.30. The minimum Gasteiger partial charge on any atom is -0.490 e. The van der Waals surface area contributed by atoms with Gasteiger partial charge in [-0.3, -0.25) is 0 Å². The molecular weight excluding hydrogens is 226 g/mol. The molecule has 1 rings (SSSR count). The first kappa shape index (κ1) is 11.6. The lowest BCUT2D eigenvalue weighted by Gasteiger charge is -2.06. The molecule has 14 heavy (non-hydrogen) atoms. The van der Waals surface area contributed by atoms with Gasteiger partial charge in [0.25, 0.3) is 0 Å². The topological polar surface area (TPSA) is 9.23 Å². The molecular formula is C10H11Cl2FO. The van der Waals surface area contributed by atoms with Crippen LogP contribution in [0, 0.1) is 5.82 Å². The molecule has 1 aromatic carbocycles. The SMILES string of the molecule is Fc1c(Cl)cccc1OCCCCCl. The van der Waals surface area contributed by atoms with Crippen molar-refractivity contribution in [2.45, 2.75) is 12.8 Å². The van der Waals surface area contributed by atoms with Crippen molar-refractivity contribution in [2.75, 3.05) is 12.5 Å². The maximum absolute atomic E-state index is 13.2. The minimum absolute atomic E-state index is 0.0832. The van der Waals surface area contributed by atoms with Gasteiger partial charge < -0.3 is 4.74 Å². The molecule has 0 amide bonds. The van der Waals surface area contributed by atoms with Crippen LogP contribution in [0.2, 0.25) is 5.02 Å². The number of ether oxygens (including phenoxy) is 1. The van der Waals surface area contributed by atoms with E-state index in [1.807, 2.05) is 0 Å². The molecule has 0 bridgehead atoms. The van der Waals surface area contributed by atoms with Crippen molar-refractivity contribution < 1.29 is 9.13 Å². The standard InChI is InChI=1S/C10H11Cl2FO/c11-6-1-2-7-14-9-5-3-4-8(12)10(9)13/h3-5H,1-2,6-7H2. The fourth-order valence-electron chi connectivity index (χ4n) is 0.974. The maximum Gasteiger partial charge on any atom is 0.183 e. The van der Waals surface area contributed by atoms with Gasteiger partial charge in [0.15, 0.2) is 11.6 Å². The zero-order valence-electron chi connectivity index (χ0n) is 7.60. The van der Waals surface area contributed by atoms with Gasteiger partial charge in [-0.1, -0.05) is 17.7 Å². The van der Waals surface area contributed by atoms with E-state index in [4.69, 9.17) is 27.9 Å². The van der Waals surface area contributed by atoms with Crippen LogP contribution in [0.4, 0.5) is 4.39 Å². The Morgan fingerprint density at radius 3 is 2.79 bits per heavy atom. The quantitative estimate of drug-likeness (QED) is 0.557. The Hall–Kier alpha value is -0.470. The summed E-state index contributed by atoms with van der Waals surface area (Å²) in [6.45, 7) is 0.462. The third-order valence-electron chi connectivity index (χ3n) is 1.70. The highest BCUT2D eigenvalue weighted by atomic mass is 35.5. The molecule has 0 spiro atoms. The summed E-state index contributed by atoms with van der Waals surface area (Å²) in [5, 5.41) is 0.0832. The molecule has 4 heteroatoms. The predicted octanol–water partition coefficient (Wildman–Crippen LogP) is 3.88. The van der Waals surface area contributed by atoms with Gasteiger partial charge in [0.1, 0.15) is 0 Å². The number of alkyl halides is 1. The van der Waals surface area contributed by atoms with E-state index in [0.29, 0.717) is 12.5 Å². The van der Waals surface area contributed by atoms with Crippen LogP contribution in [0.15, 0.2) is 18.2 Å². The largest absolute Gasteiger partial charge is 0.490 e. The normalized spacial score (nSPS) is 10.2. The van der Waals surface area contributed by atoms with Crippen molar-refractivity contribution in [1.82, 2.24) is 0 Å². The van der Waals surface area contributed by atoms with Crippen LogP contribution in [0.25, 0.3) is 0 Å². The summed E-state index contributed by atoms with van der Waals surface area (Å²) in [5.41, 5.74) is 0. The van der Waals surface area contributed by atoms with E-state index in [1.54, 1.807) is 12.1 Å². The molecule has 0 fully saturated rings. The first-order valence-corrected chi connectivity index (χ1v) is 5.29. The fraction of sp³-hybridized carbons (Fsp3) is 0.400. The predicted molar refractivity (Wildman–Crippen MR) is 56.9 cm³/mol. The van der Waals surface area contributed by atoms with Crippen molar-refractivity contribution >= 4 is 23.2 Å². The van der Waals surface area contributed by atoms with Crippen LogP contribution in [0.3, 0.4) is 0 Å². The van der Waals surface area contributed by atoms with Crippen molar-refractivity contribution in [3.05, 3.63) is 29.0 Å². The second kappa shape index (κ2) is 6.10. The van der Waals surface area contributed by atoms with Crippen molar-refractivity contribution in [2.24, 2.45) is 0 Å². The molecule has 0 unspecified atom stereocenters. The fourth-order valence-corrected chi connectivity index (χ4v) is 1.33. The molecule has 0 saturated heterocycles. The van der Waals surface area contributed by atoms with Crippen molar-refractivity contribution in [3.63, 3.8) is 0 Å². The van der Waals surface area contributed by atoms with E-state index in [0.717, 1.165) is 12.8 Å². The Morgan fingerprint density at radius 1 is 1.29 bits per heavy atom. The molecule has 0 saturated carbocycles. The molecule has 0 atom stereocenters.